The highest BCUT2D eigenvalue weighted by Gasteiger charge is 2.26. The molecule has 1 aromatic carbocycles. The smallest absolute Gasteiger partial charge is 0.260 e. The summed E-state index contributed by atoms with van der Waals surface area (Å²) >= 11 is 6.05. The second-order valence-corrected chi connectivity index (χ2v) is 5.83. The Bertz CT molecular complexity index is 514. The van der Waals surface area contributed by atoms with Crippen LogP contribution < -0.4 is 15.4 Å². The predicted molar refractivity (Wildman–Crippen MR) is 88.9 cm³/mol. The first-order valence-electron chi connectivity index (χ1n) is 7.06. The number of β-amino-alcohol motifs (C(OH)–C–C–N with tert-alkyl or cyclic N) is 1. The summed E-state index contributed by atoms with van der Waals surface area (Å²) in [7, 11) is 0. The molecule has 3 atom stereocenters. The number of halogens is 2. The van der Waals surface area contributed by atoms with Crippen molar-refractivity contribution in [2.24, 2.45) is 5.92 Å². The van der Waals surface area contributed by atoms with Gasteiger partial charge in [-0.25, -0.2) is 0 Å². The summed E-state index contributed by atoms with van der Waals surface area (Å²) < 4.78 is 5.61. The second-order valence-electron chi connectivity index (χ2n) is 5.42. The zero-order valence-electron chi connectivity index (χ0n) is 12.6. The molecular weight excluding hydrogens is 327 g/mol. The van der Waals surface area contributed by atoms with Gasteiger partial charge in [-0.1, -0.05) is 17.7 Å². The number of amides is 1. The number of hydrogen-bond donors (Lipinski definition) is 3. The number of benzene rings is 1. The minimum absolute atomic E-state index is 0. The Balaban J connectivity index is 0.00000242. The van der Waals surface area contributed by atoms with Gasteiger partial charge in [-0.05, 0) is 31.5 Å². The Kier molecular flexibility index (Phi) is 7.42. The molecule has 3 unspecified atom stereocenters. The highest BCUT2D eigenvalue weighted by molar-refractivity contribution is 6.32. The molecular formula is C15H22Cl2N2O3. The van der Waals surface area contributed by atoms with Crippen LogP contribution in [-0.4, -0.2) is 42.9 Å². The quantitative estimate of drug-likeness (QED) is 0.754. The topological polar surface area (TPSA) is 70.6 Å². The van der Waals surface area contributed by atoms with E-state index >= 15 is 0 Å². The van der Waals surface area contributed by atoms with Gasteiger partial charge in [0, 0.05) is 25.6 Å². The van der Waals surface area contributed by atoms with Crippen molar-refractivity contribution in [3.8, 4) is 5.75 Å². The first-order valence-corrected chi connectivity index (χ1v) is 7.44. The summed E-state index contributed by atoms with van der Waals surface area (Å²) in [6.45, 7) is 5.33. The van der Waals surface area contributed by atoms with Crippen LogP contribution in [0.5, 0.6) is 5.75 Å². The third kappa shape index (κ3) is 5.02. The summed E-state index contributed by atoms with van der Waals surface area (Å²) in [5.74, 6) is 0.331. The van der Waals surface area contributed by atoms with Crippen molar-refractivity contribution >= 4 is 29.9 Å². The summed E-state index contributed by atoms with van der Waals surface area (Å²) in [4.78, 5) is 12.0. The van der Waals surface area contributed by atoms with Crippen LogP contribution in [-0.2, 0) is 4.79 Å². The highest BCUT2D eigenvalue weighted by Crippen LogP contribution is 2.26. The van der Waals surface area contributed by atoms with Crippen LogP contribution in [0.2, 0.25) is 5.02 Å². The molecule has 1 heterocycles. The molecule has 0 saturated carbocycles. The molecule has 0 bridgehead atoms. The number of rotatable bonds is 5. The van der Waals surface area contributed by atoms with Gasteiger partial charge in [0.2, 0.25) is 0 Å². The lowest BCUT2D eigenvalue weighted by Gasteiger charge is -2.18. The summed E-state index contributed by atoms with van der Waals surface area (Å²) in [6, 6.07) is 5.43. The maximum atomic E-state index is 12.0. The normalized spacial score (nSPS) is 21.8. The molecule has 124 valence electrons. The first kappa shape index (κ1) is 19.0. The molecule has 7 heteroatoms. The summed E-state index contributed by atoms with van der Waals surface area (Å²) in [5.41, 5.74) is 1.02. The molecule has 3 N–H and O–H groups in total. The standard InChI is InChI=1S/C15H21ClN2O3.ClH/c1-9-3-4-12(16)14(5-9)21-10(2)15(20)18-7-11-6-17-8-13(11)19;/h3-5,10-11,13,17,19H,6-8H2,1-2H3,(H,18,20);1H. The van der Waals surface area contributed by atoms with E-state index in [0.717, 1.165) is 5.56 Å². The van der Waals surface area contributed by atoms with Gasteiger partial charge >= 0.3 is 0 Å². The number of carbonyl (C=O) groups is 1. The third-order valence-electron chi connectivity index (χ3n) is 3.60. The van der Waals surface area contributed by atoms with E-state index in [0.29, 0.717) is 30.4 Å². The molecule has 0 spiro atoms. The number of ether oxygens (including phenoxy) is 1. The Morgan fingerprint density at radius 3 is 2.91 bits per heavy atom. The second kappa shape index (κ2) is 8.58. The van der Waals surface area contributed by atoms with Crippen molar-refractivity contribution in [3.63, 3.8) is 0 Å². The lowest BCUT2D eigenvalue weighted by atomic mass is 10.1. The number of carbonyl (C=O) groups excluding carboxylic acids is 1. The van der Waals surface area contributed by atoms with E-state index in [1.165, 1.54) is 0 Å². The lowest BCUT2D eigenvalue weighted by Crippen LogP contribution is -2.41. The average Bonchev–Trinajstić information content (AvgIpc) is 2.85. The van der Waals surface area contributed by atoms with E-state index in [4.69, 9.17) is 16.3 Å². The molecule has 1 fully saturated rings. The third-order valence-corrected chi connectivity index (χ3v) is 3.91. The van der Waals surface area contributed by atoms with Crippen molar-refractivity contribution in [1.82, 2.24) is 10.6 Å². The van der Waals surface area contributed by atoms with Crippen molar-refractivity contribution < 1.29 is 14.6 Å². The van der Waals surface area contributed by atoms with Crippen LogP contribution in [0, 0.1) is 12.8 Å². The van der Waals surface area contributed by atoms with Gasteiger partial charge in [-0.3, -0.25) is 4.79 Å². The highest BCUT2D eigenvalue weighted by atomic mass is 35.5. The summed E-state index contributed by atoms with van der Waals surface area (Å²) in [6.07, 6.45) is -1.05. The number of aliphatic hydroxyl groups is 1. The van der Waals surface area contributed by atoms with Gasteiger partial charge in [0.05, 0.1) is 11.1 Å². The van der Waals surface area contributed by atoms with E-state index in [1.807, 2.05) is 13.0 Å². The van der Waals surface area contributed by atoms with Crippen LogP contribution in [0.3, 0.4) is 0 Å². The Morgan fingerprint density at radius 2 is 2.27 bits per heavy atom. The number of hydrogen-bond acceptors (Lipinski definition) is 4. The van der Waals surface area contributed by atoms with E-state index in [-0.39, 0.29) is 24.2 Å². The van der Waals surface area contributed by atoms with E-state index in [1.54, 1.807) is 19.1 Å². The van der Waals surface area contributed by atoms with Crippen LogP contribution in [0.1, 0.15) is 12.5 Å². The van der Waals surface area contributed by atoms with Gasteiger partial charge in [-0.15, -0.1) is 12.4 Å². The number of nitrogens with one attached hydrogen (secondary N) is 2. The Labute approximate surface area is 141 Å². The molecule has 0 radical (unpaired) electrons. The molecule has 0 aliphatic carbocycles. The van der Waals surface area contributed by atoms with Gasteiger partial charge in [0.25, 0.3) is 5.91 Å². The maximum Gasteiger partial charge on any atom is 0.260 e. The fourth-order valence-electron chi connectivity index (χ4n) is 2.25. The van der Waals surface area contributed by atoms with Crippen LogP contribution in [0.15, 0.2) is 18.2 Å². The van der Waals surface area contributed by atoms with Crippen molar-refractivity contribution in [2.45, 2.75) is 26.1 Å². The van der Waals surface area contributed by atoms with Crippen LogP contribution in [0.25, 0.3) is 0 Å². The van der Waals surface area contributed by atoms with Gasteiger partial charge in [0.1, 0.15) is 5.75 Å². The van der Waals surface area contributed by atoms with E-state index in [9.17, 15) is 9.90 Å². The molecule has 1 aliphatic heterocycles. The molecule has 5 nitrogen and oxygen atoms in total. The van der Waals surface area contributed by atoms with Crippen molar-refractivity contribution in [2.75, 3.05) is 19.6 Å². The first-order chi connectivity index (χ1) is 9.97. The zero-order chi connectivity index (χ0) is 15.4. The fourth-order valence-corrected chi connectivity index (χ4v) is 2.41. The Hall–Kier alpha value is -1.01. The Morgan fingerprint density at radius 1 is 1.55 bits per heavy atom. The number of aryl methyl sites for hydroxylation is 1. The zero-order valence-corrected chi connectivity index (χ0v) is 14.2. The van der Waals surface area contributed by atoms with Gasteiger partial charge in [-0.2, -0.15) is 0 Å². The minimum Gasteiger partial charge on any atom is -0.479 e. The molecule has 22 heavy (non-hydrogen) atoms. The molecule has 1 aliphatic rings. The minimum atomic E-state index is -0.643. The van der Waals surface area contributed by atoms with E-state index in [2.05, 4.69) is 10.6 Å². The van der Waals surface area contributed by atoms with Crippen LogP contribution >= 0.6 is 24.0 Å². The van der Waals surface area contributed by atoms with E-state index < -0.39 is 12.2 Å². The molecule has 1 amide bonds. The average molecular weight is 349 g/mol. The van der Waals surface area contributed by atoms with Gasteiger partial charge < -0.3 is 20.5 Å². The number of aliphatic hydroxyl groups excluding tert-OH is 1. The summed E-state index contributed by atoms with van der Waals surface area (Å²) in [5, 5.41) is 16.0. The molecule has 0 aromatic heterocycles. The van der Waals surface area contributed by atoms with Crippen LogP contribution in [0.4, 0.5) is 0 Å². The molecule has 1 aromatic rings. The molecule has 2 rings (SSSR count). The lowest BCUT2D eigenvalue weighted by molar-refractivity contribution is -0.127. The fraction of sp³-hybridized carbons (Fsp3) is 0.533. The van der Waals surface area contributed by atoms with Crippen molar-refractivity contribution in [1.29, 1.82) is 0 Å². The van der Waals surface area contributed by atoms with Gasteiger partial charge in [0.15, 0.2) is 6.10 Å². The SMILES string of the molecule is Cc1ccc(Cl)c(OC(C)C(=O)NCC2CNCC2O)c1.Cl. The monoisotopic (exact) mass is 348 g/mol. The van der Waals surface area contributed by atoms with Crippen molar-refractivity contribution in [3.05, 3.63) is 28.8 Å². The predicted octanol–water partition coefficient (Wildman–Crippen LogP) is 1.53. The largest absolute Gasteiger partial charge is 0.479 e. The maximum absolute atomic E-state index is 12.0. The molecule has 1 saturated heterocycles.